The normalized spacial score (nSPS) is 14.0. The Morgan fingerprint density at radius 1 is 1.05 bits per heavy atom. The quantitative estimate of drug-likeness (QED) is 0.705. The van der Waals surface area contributed by atoms with Gasteiger partial charge in [-0.1, -0.05) is 15.9 Å². The van der Waals surface area contributed by atoms with E-state index in [1.165, 1.54) is 23.3 Å². The van der Waals surface area contributed by atoms with E-state index in [4.69, 9.17) is 10.2 Å². The van der Waals surface area contributed by atoms with Crippen LogP contribution in [0.25, 0.3) is 22.9 Å². The molecule has 2 heterocycles. The molecule has 112 valence electrons. The maximum atomic E-state index is 6.21. The number of anilines is 1. The molecular weight excluding hydrogens is 362 g/mol. The topological polar surface area (TPSA) is 64.9 Å². The van der Waals surface area contributed by atoms with Crippen molar-refractivity contribution < 1.29 is 4.42 Å². The fourth-order valence-corrected chi connectivity index (χ4v) is 4.27. The van der Waals surface area contributed by atoms with Crippen LogP contribution in [0.5, 0.6) is 0 Å². The summed E-state index contributed by atoms with van der Waals surface area (Å²) >= 11 is 5.09. The molecule has 1 aliphatic rings. The van der Waals surface area contributed by atoms with Crippen molar-refractivity contribution in [1.82, 2.24) is 10.2 Å². The molecule has 0 spiro atoms. The molecule has 0 saturated heterocycles. The standard InChI is InChI=1S/C16H14BrN3OS/c17-10-7-5-9(6-8-10)15-19-20-16(21-15)13-11-3-1-2-4-12(11)22-14(13)18/h5-8H,1-4,18H2. The van der Waals surface area contributed by atoms with Gasteiger partial charge in [0.2, 0.25) is 5.89 Å². The van der Waals surface area contributed by atoms with Crippen molar-refractivity contribution in [3.63, 3.8) is 0 Å². The van der Waals surface area contributed by atoms with E-state index in [0.29, 0.717) is 11.8 Å². The van der Waals surface area contributed by atoms with E-state index in [0.717, 1.165) is 33.4 Å². The number of benzene rings is 1. The van der Waals surface area contributed by atoms with Gasteiger partial charge in [0.1, 0.15) is 0 Å². The molecule has 0 saturated carbocycles. The number of aromatic nitrogens is 2. The number of aryl methyl sites for hydroxylation is 1. The van der Waals surface area contributed by atoms with Crippen LogP contribution in [0.3, 0.4) is 0 Å². The lowest BCUT2D eigenvalue weighted by Crippen LogP contribution is -1.99. The van der Waals surface area contributed by atoms with Crippen LogP contribution in [0.15, 0.2) is 33.2 Å². The van der Waals surface area contributed by atoms with E-state index in [2.05, 4.69) is 26.1 Å². The van der Waals surface area contributed by atoms with Crippen LogP contribution in [-0.4, -0.2) is 10.2 Å². The predicted molar refractivity (Wildman–Crippen MR) is 91.8 cm³/mol. The van der Waals surface area contributed by atoms with Gasteiger partial charge < -0.3 is 10.2 Å². The Balaban J connectivity index is 1.76. The van der Waals surface area contributed by atoms with Crippen LogP contribution >= 0.6 is 27.3 Å². The Hall–Kier alpha value is -1.66. The fraction of sp³-hybridized carbons (Fsp3) is 0.250. The monoisotopic (exact) mass is 375 g/mol. The van der Waals surface area contributed by atoms with E-state index >= 15 is 0 Å². The van der Waals surface area contributed by atoms with Gasteiger partial charge in [0.25, 0.3) is 5.89 Å². The van der Waals surface area contributed by atoms with Crippen molar-refractivity contribution in [3.8, 4) is 22.9 Å². The molecule has 6 heteroatoms. The molecule has 0 radical (unpaired) electrons. The van der Waals surface area contributed by atoms with Crippen LogP contribution in [0.1, 0.15) is 23.3 Å². The molecule has 2 aromatic heterocycles. The van der Waals surface area contributed by atoms with Crippen molar-refractivity contribution in [2.75, 3.05) is 5.73 Å². The molecule has 1 aromatic carbocycles. The van der Waals surface area contributed by atoms with Gasteiger partial charge in [0.05, 0.1) is 10.6 Å². The first-order chi connectivity index (χ1) is 10.7. The van der Waals surface area contributed by atoms with Gasteiger partial charge in [0.15, 0.2) is 0 Å². The number of nitrogens with zero attached hydrogens (tertiary/aromatic N) is 2. The average Bonchev–Trinajstić information content (AvgIpc) is 3.11. The summed E-state index contributed by atoms with van der Waals surface area (Å²) < 4.78 is 6.91. The number of rotatable bonds is 2. The Kier molecular flexibility index (Phi) is 3.50. The van der Waals surface area contributed by atoms with Crippen molar-refractivity contribution in [2.24, 2.45) is 0 Å². The first kappa shape index (κ1) is 14.0. The highest BCUT2D eigenvalue weighted by molar-refractivity contribution is 9.10. The van der Waals surface area contributed by atoms with E-state index in [1.54, 1.807) is 11.3 Å². The second-order valence-electron chi connectivity index (χ2n) is 5.37. The lowest BCUT2D eigenvalue weighted by Gasteiger charge is -2.10. The summed E-state index contributed by atoms with van der Waals surface area (Å²) in [6.07, 6.45) is 4.59. The number of fused-ring (bicyclic) bond motifs is 1. The molecule has 0 fully saturated rings. The molecule has 0 bridgehead atoms. The van der Waals surface area contributed by atoms with Crippen LogP contribution in [-0.2, 0) is 12.8 Å². The lowest BCUT2D eigenvalue weighted by molar-refractivity contribution is 0.583. The maximum absolute atomic E-state index is 6.21. The minimum atomic E-state index is 0.526. The minimum Gasteiger partial charge on any atom is -0.416 e. The second kappa shape index (κ2) is 5.52. The number of nitrogen functional groups attached to an aromatic ring is 1. The second-order valence-corrected chi connectivity index (χ2v) is 7.42. The average molecular weight is 376 g/mol. The molecule has 0 unspecified atom stereocenters. The minimum absolute atomic E-state index is 0.526. The summed E-state index contributed by atoms with van der Waals surface area (Å²) in [4.78, 5) is 1.38. The third kappa shape index (κ3) is 2.36. The van der Waals surface area contributed by atoms with Gasteiger partial charge in [-0.05, 0) is 55.5 Å². The van der Waals surface area contributed by atoms with Crippen LogP contribution < -0.4 is 5.73 Å². The van der Waals surface area contributed by atoms with E-state index in [9.17, 15) is 0 Å². The molecule has 2 N–H and O–H groups in total. The maximum Gasteiger partial charge on any atom is 0.251 e. The van der Waals surface area contributed by atoms with Crippen molar-refractivity contribution in [2.45, 2.75) is 25.7 Å². The third-order valence-electron chi connectivity index (χ3n) is 3.93. The largest absolute Gasteiger partial charge is 0.416 e. The molecule has 3 aromatic rings. The fourth-order valence-electron chi connectivity index (χ4n) is 2.86. The molecule has 4 nitrogen and oxygen atoms in total. The van der Waals surface area contributed by atoms with E-state index in [-0.39, 0.29) is 0 Å². The molecule has 0 aliphatic heterocycles. The van der Waals surface area contributed by atoms with Crippen molar-refractivity contribution >= 4 is 32.3 Å². The lowest BCUT2D eigenvalue weighted by atomic mass is 9.95. The zero-order valence-corrected chi connectivity index (χ0v) is 14.2. The number of halogens is 1. The zero-order valence-electron chi connectivity index (χ0n) is 11.8. The van der Waals surface area contributed by atoms with Gasteiger partial charge in [-0.15, -0.1) is 21.5 Å². The highest BCUT2D eigenvalue weighted by Crippen LogP contribution is 2.42. The van der Waals surface area contributed by atoms with E-state index in [1.807, 2.05) is 24.3 Å². The number of nitrogens with two attached hydrogens (primary N) is 1. The smallest absolute Gasteiger partial charge is 0.251 e. The highest BCUT2D eigenvalue weighted by atomic mass is 79.9. The van der Waals surface area contributed by atoms with Gasteiger partial charge in [0, 0.05) is 14.9 Å². The summed E-state index contributed by atoms with van der Waals surface area (Å²) in [5, 5.41) is 9.19. The molecule has 1 aliphatic carbocycles. The predicted octanol–water partition coefficient (Wildman–Crippen LogP) is 4.69. The molecular formula is C16H14BrN3OS. The first-order valence-electron chi connectivity index (χ1n) is 7.22. The number of thiophene rings is 1. The van der Waals surface area contributed by atoms with Gasteiger partial charge >= 0.3 is 0 Å². The third-order valence-corrected chi connectivity index (χ3v) is 5.58. The van der Waals surface area contributed by atoms with E-state index < -0.39 is 0 Å². The Bertz CT molecular complexity index is 823. The summed E-state index contributed by atoms with van der Waals surface area (Å²) in [6, 6.07) is 7.82. The molecule has 4 rings (SSSR count). The highest BCUT2D eigenvalue weighted by Gasteiger charge is 2.24. The Morgan fingerprint density at radius 2 is 1.77 bits per heavy atom. The SMILES string of the molecule is Nc1sc2c(c1-c1nnc(-c3ccc(Br)cc3)o1)CCCC2. The molecule has 0 amide bonds. The van der Waals surface area contributed by atoms with Crippen molar-refractivity contribution in [3.05, 3.63) is 39.2 Å². The molecule has 0 atom stereocenters. The molecule has 22 heavy (non-hydrogen) atoms. The van der Waals surface area contributed by atoms with Gasteiger partial charge in [-0.3, -0.25) is 0 Å². The number of hydrogen-bond acceptors (Lipinski definition) is 5. The Labute approximate surface area is 140 Å². The Morgan fingerprint density at radius 3 is 2.59 bits per heavy atom. The summed E-state index contributed by atoms with van der Waals surface area (Å²) in [7, 11) is 0. The number of hydrogen-bond donors (Lipinski definition) is 1. The summed E-state index contributed by atoms with van der Waals surface area (Å²) in [5.41, 5.74) is 9.37. The summed E-state index contributed by atoms with van der Waals surface area (Å²) in [6.45, 7) is 0. The van der Waals surface area contributed by atoms with Gasteiger partial charge in [-0.2, -0.15) is 0 Å². The van der Waals surface area contributed by atoms with Gasteiger partial charge in [-0.25, -0.2) is 0 Å². The van der Waals surface area contributed by atoms with Crippen LogP contribution in [0.2, 0.25) is 0 Å². The first-order valence-corrected chi connectivity index (χ1v) is 8.83. The van der Waals surface area contributed by atoms with Crippen LogP contribution in [0, 0.1) is 0 Å². The van der Waals surface area contributed by atoms with Crippen LogP contribution in [0.4, 0.5) is 5.00 Å². The summed E-state index contributed by atoms with van der Waals surface area (Å²) in [5.74, 6) is 1.06. The van der Waals surface area contributed by atoms with Crippen molar-refractivity contribution in [1.29, 1.82) is 0 Å². The zero-order chi connectivity index (χ0) is 15.1.